The lowest BCUT2D eigenvalue weighted by atomic mass is 9.84. The maximum Gasteiger partial charge on any atom is 0.254 e. The van der Waals surface area contributed by atoms with Gasteiger partial charge in [-0.1, -0.05) is 30.3 Å². The number of sulfone groups is 1. The predicted molar refractivity (Wildman–Crippen MR) is 163 cm³/mol. The van der Waals surface area contributed by atoms with Gasteiger partial charge in [-0.2, -0.15) is 0 Å². The van der Waals surface area contributed by atoms with Gasteiger partial charge in [-0.25, -0.2) is 13.4 Å². The molecule has 10 heteroatoms. The highest BCUT2D eigenvalue weighted by Crippen LogP contribution is 2.45. The Bertz CT molecular complexity index is 1520. The Hall–Kier alpha value is -3.89. The lowest BCUT2D eigenvalue weighted by Crippen LogP contribution is -2.52. The Kier molecular flexibility index (Phi) is 9.67. The van der Waals surface area contributed by atoms with Gasteiger partial charge < -0.3 is 24.2 Å². The lowest BCUT2D eigenvalue weighted by Gasteiger charge is -2.37. The molecule has 2 atom stereocenters. The van der Waals surface area contributed by atoms with E-state index in [0.717, 1.165) is 19.3 Å². The summed E-state index contributed by atoms with van der Waals surface area (Å²) in [6, 6.07) is 22.7. The molecule has 3 aromatic carbocycles. The molecule has 0 unspecified atom stereocenters. The summed E-state index contributed by atoms with van der Waals surface area (Å²) in [5, 5.41) is 9.04. The maximum absolute atomic E-state index is 14.6. The van der Waals surface area contributed by atoms with Crippen molar-refractivity contribution in [2.45, 2.75) is 48.6 Å². The van der Waals surface area contributed by atoms with Crippen molar-refractivity contribution in [3.05, 3.63) is 90.0 Å². The zero-order chi connectivity index (χ0) is 30.3. The third-order valence-corrected chi connectivity index (χ3v) is 9.63. The number of methoxy groups -OCH3 is 1. The van der Waals surface area contributed by atoms with Crippen LogP contribution in [0.25, 0.3) is 0 Å². The van der Waals surface area contributed by atoms with Crippen LogP contribution in [0.1, 0.15) is 49.3 Å². The number of carbonyl (C=O) groups is 1. The molecule has 1 saturated heterocycles. The summed E-state index contributed by atoms with van der Waals surface area (Å²) in [5.74, 6) is 0.966. The zero-order valence-electron chi connectivity index (χ0n) is 24.4. The molecule has 1 amide bonds. The van der Waals surface area contributed by atoms with Crippen LogP contribution in [0.15, 0.2) is 88.8 Å². The lowest BCUT2D eigenvalue weighted by molar-refractivity contribution is -0.140. The van der Waals surface area contributed by atoms with Crippen molar-refractivity contribution in [2.24, 2.45) is 4.99 Å². The number of likely N-dealkylation sites (tertiary alicyclic amines) is 1. The monoisotopic (exact) mass is 606 g/mol. The highest BCUT2D eigenvalue weighted by molar-refractivity contribution is 7.91. The van der Waals surface area contributed by atoms with Crippen LogP contribution in [0.4, 0.5) is 0 Å². The molecule has 0 spiro atoms. The summed E-state index contributed by atoms with van der Waals surface area (Å²) in [6.07, 6.45) is 2.38. The summed E-state index contributed by atoms with van der Waals surface area (Å²) in [4.78, 5) is 21.6. The second-order valence-electron chi connectivity index (χ2n) is 10.8. The first-order valence-corrected chi connectivity index (χ1v) is 16.3. The SMILES string of the molecule is COc1cccc([C@H]2OC(c3ccc(OCCCO)cc3)=N[C@@]2(CCS(=O)(=O)c2ccccc2)C(=O)N2CCCCC2)c1. The van der Waals surface area contributed by atoms with E-state index in [1.807, 2.05) is 24.3 Å². The molecule has 0 radical (unpaired) electrons. The number of aliphatic imine (C=N–C) groups is 1. The van der Waals surface area contributed by atoms with Gasteiger partial charge in [-0.05, 0) is 73.4 Å². The molecule has 2 heterocycles. The molecule has 5 rings (SSSR count). The number of aliphatic hydroxyl groups excluding tert-OH is 1. The Morgan fingerprint density at radius 2 is 1.74 bits per heavy atom. The fraction of sp³-hybridized carbons (Fsp3) is 0.394. The fourth-order valence-corrected chi connectivity index (χ4v) is 6.95. The Balaban J connectivity index is 1.57. The number of benzene rings is 3. The zero-order valence-corrected chi connectivity index (χ0v) is 25.2. The quantitative estimate of drug-likeness (QED) is 0.300. The number of carbonyl (C=O) groups excluding carboxylic acids is 1. The molecule has 3 aromatic rings. The number of aliphatic hydroxyl groups is 1. The normalized spacial score (nSPS) is 20.3. The molecule has 43 heavy (non-hydrogen) atoms. The molecule has 0 aromatic heterocycles. The van der Waals surface area contributed by atoms with Crippen LogP contribution in [-0.4, -0.2) is 74.9 Å². The van der Waals surface area contributed by atoms with Crippen molar-refractivity contribution in [1.29, 1.82) is 0 Å². The van der Waals surface area contributed by atoms with Gasteiger partial charge in [0.1, 0.15) is 11.5 Å². The first-order chi connectivity index (χ1) is 20.9. The third-order valence-electron chi connectivity index (χ3n) is 7.90. The van der Waals surface area contributed by atoms with Crippen molar-refractivity contribution < 1.29 is 32.5 Å². The first-order valence-electron chi connectivity index (χ1n) is 14.7. The number of nitrogens with zero attached hydrogens (tertiary/aromatic N) is 2. The van der Waals surface area contributed by atoms with Crippen LogP contribution < -0.4 is 9.47 Å². The highest BCUT2D eigenvalue weighted by atomic mass is 32.2. The van der Waals surface area contributed by atoms with Gasteiger partial charge in [0.15, 0.2) is 21.5 Å². The second kappa shape index (κ2) is 13.6. The second-order valence-corrected chi connectivity index (χ2v) is 12.9. The maximum atomic E-state index is 14.6. The molecule has 0 aliphatic carbocycles. The highest BCUT2D eigenvalue weighted by Gasteiger charge is 2.55. The number of piperidine rings is 1. The molecular formula is C33H38N2O7S. The number of hydrogen-bond donors (Lipinski definition) is 1. The van der Waals surface area contributed by atoms with Gasteiger partial charge in [-0.15, -0.1) is 0 Å². The van der Waals surface area contributed by atoms with Crippen molar-refractivity contribution in [1.82, 2.24) is 4.90 Å². The first kappa shape index (κ1) is 30.6. The smallest absolute Gasteiger partial charge is 0.254 e. The van der Waals surface area contributed by atoms with Gasteiger partial charge in [0.2, 0.25) is 5.90 Å². The average molecular weight is 607 g/mol. The standard InChI is InChI=1S/C33H38N2O7S/c1-40-28-11-8-10-26(24-28)30-33(32(37)35-19-6-3-7-20-35,18-23-43(38,39)29-12-4-2-5-13-29)34-31(42-30)25-14-16-27(17-15-25)41-22-9-21-36/h2,4-5,8,10-17,24,30,36H,3,6-7,9,18-23H2,1H3/t30-,33-/m1/s1. The minimum absolute atomic E-state index is 0.0432. The summed E-state index contributed by atoms with van der Waals surface area (Å²) in [5.41, 5.74) is -0.205. The minimum Gasteiger partial charge on any atom is -0.497 e. The summed E-state index contributed by atoms with van der Waals surface area (Å²) in [6.45, 7) is 1.60. The number of amides is 1. The van der Waals surface area contributed by atoms with Crippen LogP contribution in [0.5, 0.6) is 11.5 Å². The van der Waals surface area contributed by atoms with E-state index in [1.165, 1.54) is 0 Å². The third kappa shape index (κ3) is 6.86. The number of hydrogen-bond acceptors (Lipinski definition) is 8. The van der Waals surface area contributed by atoms with Crippen molar-refractivity contribution in [3.63, 3.8) is 0 Å². The molecule has 0 saturated carbocycles. The fourth-order valence-electron chi connectivity index (χ4n) is 5.56. The van der Waals surface area contributed by atoms with Crippen molar-refractivity contribution in [2.75, 3.05) is 39.2 Å². The van der Waals surface area contributed by atoms with E-state index in [0.29, 0.717) is 48.7 Å². The summed E-state index contributed by atoms with van der Waals surface area (Å²) in [7, 11) is -2.15. The van der Waals surface area contributed by atoms with E-state index < -0.39 is 21.5 Å². The van der Waals surface area contributed by atoms with Crippen LogP contribution in [-0.2, 0) is 19.4 Å². The van der Waals surface area contributed by atoms with Gasteiger partial charge in [0.25, 0.3) is 5.91 Å². The molecule has 9 nitrogen and oxygen atoms in total. The largest absolute Gasteiger partial charge is 0.497 e. The van der Waals surface area contributed by atoms with Gasteiger partial charge in [-0.3, -0.25) is 4.79 Å². The van der Waals surface area contributed by atoms with Gasteiger partial charge in [0, 0.05) is 38.1 Å². The number of rotatable bonds is 12. The van der Waals surface area contributed by atoms with Gasteiger partial charge >= 0.3 is 0 Å². The van der Waals surface area contributed by atoms with Crippen LogP contribution in [0.2, 0.25) is 0 Å². The van der Waals surface area contributed by atoms with E-state index in [-0.39, 0.29) is 35.5 Å². The van der Waals surface area contributed by atoms with Crippen LogP contribution in [0.3, 0.4) is 0 Å². The molecule has 2 aliphatic rings. The molecule has 2 aliphatic heterocycles. The molecular weight excluding hydrogens is 568 g/mol. The topological polar surface area (TPSA) is 115 Å². The average Bonchev–Trinajstić information content (AvgIpc) is 3.46. The minimum atomic E-state index is -3.72. The summed E-state index contributed by atoms with van der Waals surface area (Å²) >= 11 is 0. The Morgan fingerprint density at radius 3 is 2.44 bits per heavy atom. The van der Waals surface area contributed by atoms with E-state index >= 15 is 0 Å². The Morgan fingerprint density at radius 1 is 1.00 bits per heavy atom. The van der Waals surface area contributed by atoms with Gasteiger partial charge in [0.05, 0.1) is 24.4 Å². The molecule has 0 bridgehead atoms. The van der Waals surface area contributed by atoms with E-state index in [1.54, 1.807) is 66.6 Å². The Labute approximate surface area is 253 Å². The molecule has 1 fully saturated rings. The summed E-state index contributed by atoms with van der Waals surface area (Å²) < 4.78 is 44.7. The van der Waals surface area contributed by atoms with Crippen molar-refractivity contribution in [3.8, 4) is 11.5 Å². The molecule has 228 valence electrons. The van der Waals surface area contributed by atoms with Crippen LogP contribution >= 0.6 is 0 Å². The van der Waals surface area contributed by atoms with E-state index in [2.05, 4.69) is 0 Å². The number of ether oxygens (including phenoxy) is 3. The van der Waals surface area contributed by atoms with Crippen LogP contribution in [0, 0.1) is 0 Å². The van der Waals surface area contributed by atoms with E-state index in [9.17, 15) is 13.2 Å². The van der Waals surface area contributed by atoms with E-state index in [4.69, 9.17) is 24.3 Å². The van der Waals surface area contributed by atoms with Crippen molar-refractivity contribution >= 4 is 21.6 Å². The molecule has 1 N–H and O–H groups in total. The predicted octanol–water partition coefficient (Wildman–Crippen LogP) is 4.59.